The second-order valence-corrected chi connectivity index (χ2v) is 5.88. The van der Waals surface area contributed by atoms with E-state index in [0.29, 0.717) is 19.6 Å². The Labute approximate surface area is 129 Å². The number of para-hydroxylation sites is 2. The molecule has 4 nitrogen and oxygen atoms in total. The molecule has 2 N–H and O–H groups in total. The van der Waals surface area contributed by atoms with Crippen molar-refractivity contribution in [2.75, 3.05) is 18.5 Å². The van der Waals surface area contributed by atoms with Crippen LogP contribution in [0.3, 0.4) is 0 Å². The third-order valence-corrected chi connectivity index (χ3v) is 4.58. The van der Waals surface area contributed by atoms with Crippen LogP contribution in [0.1, 0.15) is 18.0 Å². The van der Waals surface area contributed by atoms with E-state index < -0.39 is 11.7 Å². The fourth-order valence-electron chi connectivity index (χ4n) is 3.40. The van der Waals surface area contributed by atoms with Crippen LogP contribution >= 0.6 is 0 Å². The normalized spacial score (nSPS) is 29.9. The van der Waals surface area contributed by atoms with Crippen LogP contribution in [-0.2, 0) is 4.74 Å². The van der Waals surface area contributed by atoms with E-state index in [2.05, 4.69) is 5.32 Å². The summed E-state index contributed by atoms with van der Waals surface area (Å²) in [5.41, 5.74) is 1.30. The van der Waals surface area contributed by atoms with Crippen molar-refractivity contribution in [2.45, 2.75) is 24.2 Å². The topological polar surface area (TPSA) is 50.7 Å². The highest BCUT2D eigenvalue weighted by Gasteiger charge is 2.54. The first kappa shape index (κ1) is 13.6. The highest BCUT2D eigenvalue weighted by molar-refractivity contribution is 5.51. The molecule has 4 rings (SSSR count). The SMILES string of the molecule is O[C@@H]1CCO[C@@]12COc1ccccc1[C@@H]2Nc1ccccc1. The van der Waals surface area contributed by atoms with Gasteiger partial charge in [-0.3, -0.25) is 0 Å². The molecular formula is C18H19NO3. The molecule has 3 atom stereocenters. The lowest BCUT2D eigenvalue weighted by Crippen LogP contribution is -2.54. The smallest absolute Gasteiger partial charge is 0.152 e. The van der Waals surface area contributed by atoms with Crippen LogP contribution < -0.4 is 10.1 Å². The van der Waals surface area contributed by atoms with Crippen molar-refractivity contribution < 1.29 is 14.6 Å². The summed E-state index contributed by atoms with van der Waals surface area (Å²) < 4.78 is 11.9. The Balaban J connectivity index is 1.77. The van der Waals surface area contributed by atoms with Gasteiger partial charge in [0.15, 0.2) is 5.60 Å². The first-order chi connectivity index (χ1) is 10.8. The highest BCUT2D eigenvalue weighted by Crippen LogP contribution is 2.46. The number of aliphatic hydroxyl groups is 1. The number of anilines is 1. The van der Waals surface area contributed by atoms with Crippen molar-refractivity contribution in [3.63, 3.8) is 0 Å². The van der Waals surface area contributed by atoms with Crippen LogP contribution in [-0.4, -0.2) is 30.0 Å². The van der Waals surface area contributed by atoms with E-state index in [4.69, 9.17) is 9.47 Å². The van der Waals surface area contributed by atoms with Gasteiger partial charge in [-0.1, -0.05) is 36.4 Å². The molecule has 0 saturated carbocycles. The molecule has 4 heteroatoms. The molecule has 0 amide bonds. The van der Waals surface area contributed by atoms with Gasteiger partial charge in [0, 0.05) is 11.3 Å². The second kappa shape index (κ2) is 5.30. The number of nitrogens with one attached hydrogen (secondary N) is 1. The van der Waals surface area contributed by atoms with Crippen LogP contribution in [0.5, 0.6) is 5.75 Å². The molecule has 2 aromatic rings. The summed E-state index contributed by atoms with van der Waals surface area (Å²) in [6, 6.07) is 17.8. The molecule has 1 fully saturated rings. The number of fused-ring (bicyclic) bond motifs is 1. The molecule has 2 heterocycles. The monoisotopic (exact) mass is 297 g/mol. The van der Waals surface area contributed by atoms with Crippen LogP contribution in [0.2, 0.25) is 0 Å². The number of benzene rings is 2. The minimum absolute atomic E-state index is 0.141. The van der Waals surface area contributed by atoms with Gasteiger partial charge >= 0.3 is 0 Å². The molecule has 1 saturated heterocycles. The van der Waals surface area contributed by atoms with Crippen LogP contribution in [0.25, 0.3) is 0 Å². The number of aliphatic hydroxyl groups excluding tert-OH is 1. The van der Waals surface area contributed by atoms with E-state index in [1.165, 1.54) is 0 Å². The van der Waals surface area contributed by atoms with Crippen molar-refractivity contribution in [3.05, 3.63) is 60.2 Å². The molecule has 0 radical (unpaired) electrons. The lowest BCUT2D eigenvalue weighted by molar-refractivity contribution is -0.105. The van der Waals surface area contributed by atoms with E-state index in [1.807, 2.05) is 54.6 Å². The Bertz CT molecular complexity index is 660. The summed E-state index contributed by atoms with van der Waals surface area (Å²) in [5.74, 6) is 0.851. The molecule has 2 aliphatic heterocycles. The van der Waals surface area contributed by atoms with Gasteiger partial charge in [0.2, 0.25) is 0 Å². The molecule has 0 aromatic heterocycles. The Morgan fingerprint density at radius 1 is 1.05 bits per heavy atom. The third-order valence-electron chi connectivity index (χ3n) is 4.58. The number of ether oxygens (including phenoxy) is 2. The summed E-state index contributed by atoms with van der Waals surface area (Å²) in [5, 5.41) is 14.1. The standard InChI is InChI=1S/C18H19NO3/c20-16-10-11-22-18(16)12-21-15-9-5-4-8-14(15)17(18)19-13-6-2-1-3-7-13/h1-9,16-17,19-20H,10-12H2/t16-,17+,18+/m1/s1. The average molecular weight is 297 g/mol. The summed E-state index contributed by atoms with van der Waals surface area (Å²) in [6.45, 7) is 0.912. The molecule has 0 bridgehead atoms. The highest BCUT2D eigenvalue weighted by atomic mass is 16.6. The minimum atomic E-state index is -0.732. The lowest BCUT2D eigenvalue weighted by atomic mass is 9.82. The predicted molar refractivity (Wildman–Crippen MR) is 84.0 cm³/mol. The van der Waals surface area contributed by atoms with E-state index in [1.54, 1.807) is 0 Å². The maximum absolute atomic E-state index is 10.5. The van der Waals surface area contributed by atoms with E-state index in [9.17, 15) is 5.11 Å². The third kappa shape index (κ3) is 2.07. The average Bonchev–Trinajstić information content (AvgIpc) is 2.93. The number of hydrogen-bond acceptors (Lipinski definition) is 4. The van der Waals surface area contributed by atoms with Crippen molar-refractivity contribution in [1.82, 2.24) is 0 Å². The first-order valence-electron chi connectivity index (χ1n) is 7.65. The zero-order chi connectivity index (χ0) is 15.0. The summed E-state index contributed by atoms with van der Waals surface area (Å²) >= 11 is 0. The Morgan fingerprint density at radius 2 is 1.82 bits per heavy atom. The van der Waals surface area contributed by atoms with Gasteiger partial charge in [-0.25, -0.2) is 0 Å². The zero-order valence-electron chi connectivity index (χ0n) is 12.2. The van der Waals surface area contributed by atoms with Crippen LogP contribution in [0.15, 0.2) is 54.6 Å². The Hall–Kier alpha value is -2.04. The summed E-state index contributed by atoms with van der Waals surface area (Å²) in [6.07, 6.45) is 0.0976. The molecule has 114 valence electrons. The van der Waals surface area contributed by atoms with Gasteiger partial charge in [0.05, 0.1) is 18.8 Å². The molecule has 2 aliphatic rings. The summed E-state index contributed by atoms with van der Waals surface area (Å²) in [7, 11) is 0. The predicted octanol–water partition coefficient (Wildman–Crippen LogP) is 2.75. The van der Waals surface area contributed by atoms with Gasteiger partial charge < -0.3 is 19.9 Å². The van der Waals surface area contributed by atoms with E-state index >= 15 is 0 Å². The fraction of sp³-hybridized carbons (Fsp3) is 0.333. The number of rotatable bonds is 2. The molecular weight excluding hydrogens is 278 g/mol. The van der Waals surface area contributed by atoms with Gasteiger partial charge in [-0.2, -0.15) is 0 Å². The van der Waals surface area contributed by atoms with Crippen molar-refractivity contribution in [3.8, 4) is 5.75 Å². The van der Waals surface area contributed by atoms with Crippen molar-refractivity contribution >= 4 is 5.69 Å². The molecule has 0 unspecified atom stereocenters. The van der Waals surface area contributed by atoms with Gasteiger partial charge in [0.25, 0.3) is 0 Å². The number of hydrogen-bond donors (Lipinski definition) is 2. The molecule has 0 aliphatic carbocycles. The van der Waals surface area contributed by atoms with Crippen LogP contribution in [0.4, 0.5) is 5.69 Å². The van der Waals surface area contributed by atoms with Gasteiger partial charge in [-0.05, 0) is 24.6 Å². The fourth-order valence-corrected chi connectivity index (χ4v) is 3.40. The first-order valence-corrected chi connectivity index (χ1v) is 7.65. The Morgan fingerprint density at radius 3 is 2.59 bits per heavy atom. The van der Waals surface area contributed by atoms with Crippen molar-refractivity contribution in [2.24, 2.45) is 0 Å². The quantitative estimate of drug-likeness (QED) is 0.895. The van der Waals surface area contributed by atoms with E-state index in [-0.39, 0.29) is 6.04 Å². The largest absolute Gasteiger partial charge is 0.490 e. The molecule has 1 spiro atoms. The minimum Gasteiger partial charge on any atom is -0.490 e. The summed E-state index contributed by atoms with van der Waals surface area (Å²) in [4.78, 5) is 0. The maximum atomic E-state index is 10.5. The van der Waals surface area contributed by atoms with Gasteiger partial charge in [-0.15, -0.1) is 0 Å². The van der Waals surface area contributed by atoms with Gasteiger partial charge in [0.1, 0.15) is 12.4 Å². The van der Waals surface area contributed by atoms with Crippen LogP contribution in [0, 0.1) is 0 Å². The zero-order valence-corrected chi connectivity index (χ0v) is 12.2. The van der Waals surface area contributed by atoms with Crippen molar-refractivity contribution in [1.29, 1.82) is 0 Å². The lowest BCUT2D eigenvalue weighted by Gasteiger charge is -2.43. The molecule has 2 aromatic carbocycles. The van der Waals surface area contributed by atoms with E-state index in [0.717, 1.165) is 17.0 Å². The molecule has 22 heavy (non-hydrogen) atoms. The second-order valence-electron chi connectivity index (χ2n) is 5.88. The Kier molecular flexibility index (Phi) is 3.28. The maximum Gasteiger partial charge on any atom is 0.152 e.